The summed E-state index contributed by atoms with van der Waals surface area (Å²) in [5.74, 6) is 0.0765. The van der Waals surface area contributed by atoms with Crippen LogP contribution in [-0.2, 0) is 0 Å². The van der Waals surface area contributed by atoms with Crippen molar-refractivity contribution in [2.75, 3.05) is 28.7 Å². The number of aromatic nitrogens is 1. The van der Waals surface area contributed by atoms with Crippen LogP contribution in [0.2, 0.25) is 0 Å². The molecule has 200 valence electrons. The van der Waals surface area contributed by atoms with Gasteiger partial charge in [0.15, 0.2) is 0 Å². The SMILES string of the molecule is CCOc1ccc2nc3cc(NC(=O)c4cccc(N)c4)ccc3c(NC(=O)c3cccc(N)c3)c2c1.Cl.Cl. The molecule has 0 radical (unpaired) electrons. The molecule has 8 nitrogen and oxygen atoms in total. The van der Waals surface area contributed by atoms with Crippen molar-refractivity contribution in [1.82, 2.24) is 4.98 Å². The van der Waals surface area contributed by atoms with Crippen LogP contribution in [0.4, 0.5) is 22.7 Å². The monoisotopic (exact) mass is 563 g/mol. The summed E-state index contributed by atoms with van der Waals surface area (Å²) in [6.07, 6.45) is 0. The second-order valence-electron chi connectivity index (χ2n) is 8.49. The molecule has 0 aliphatic heterocycles. The van der Waals surface area contributed by atoms with Gasteiger partial charge in [0.1, 0.15) is 5.75 Å². The van der Waals surface area contributed by atoms with Gasteiger partial charge >= 0.3 is 0 Å². The molecule has 0 bridgehead atoms. The smallest absolute Gasteiger partial charge is 0.255 e. The Labute approximate surface area is 237 Å². The number of nitrogen functional groups attached to an aromatic ring is 2. The van der Waals surface area contributed by atoms with E-state index >= 15 is 0 Å². The van der Waals surface area contributed by atoms with Gasteiger partial charge in [0.25, 0.3) is 11.8 Å². The zero-order valence-corrected chi connectivity index (χ0v) is 22.6. The standard InChI is InChI=1S/C29H25N5O3.2ClH/c1-2-37-22-10-12-25-24(16-22)27(34-29(36)18-6-4-8-20(31)14-18)23-11-9-21(15-26(23)33-25)32-28(35)17-5-3-7-19(30)13-17;;/h3-16H,2,30-31H2,1H3,(H,32,35)(H,33,34,36);2*1H. The number of rotatable bonds is 6. The Balaban J connectivity index is 0.00000210. The van der Waals surface area contributed by atoms with Gasteiger partial charge in [-0.3, -0.25) is 9.59 Å². The topological polar surface area (TPSA) is 132 Å². The van der Waals surface area contributed by atoms with E-state index in [-0.39, 0.29) is 36.6 Å². The molecule has 6 N–H and O–H groups in total. The first kappa shape index (κ1) is 29.0. The maximum atomic E-state index is 13.2. The first-order chi connectivity index (χ1) is 17.9. The van der Waals surface area contributed by atoms with Gasteiger partial charge < -0.3 is 26.8 Å². The number of benzene rings is 4. The van der Waals surface area contributed by atoms with Crippen LogP contribution in [0.5, 0.6) is 5.75 Å². The fraction of sp³-hybridized carbons (Fsp3) is 0.0690. The van der Waals surface area contributed by atoms with Crippen molar-refractivity contribution in [2.24, 2.45) is 0 Å². The summed E-state index contributed by atoms with van der Waals surface area (Å²) in [6, 6.07) is 24.4. The molecule has 5 aromatic rings. The van der Waals surface area contributed by atoms with Crippen molar-refractivity contribution in [2.45, 2.75) is 6.92 Å². The molecule has 5 rings (SSSR count). The fourth-order valence-corrected chi connectivity index (χ4v) is 4.14. The van der Waals surface area contributed by atoms with Crippen molar-refractivity contribution in [3.05, 3.63) is 96.1 Å². The van der Waals surface area contributed by atoms with E-state index in [1.165, 1.54) is 0 Å². The van der Waals surface area contributed by atoms with Crippen LogP contribution >= 0.6 is 24.8 Å². The van der Waals surface area contributed by atoms with Crippen molar-refractivity contribution in [3.63, 3.8) is 0 Å². The van der Waals surface area contributed by atoms with E-state index in [0.29, 0.717) is 62.7 Å². The zero-order chi connectivity index (χ0) is 25.9. The van der Waals surface area contributed by atoms with Crippen LogP contribution in [0.25, 0.3) is 21.8 Å². The maximum Gasteiger partial charge on any atom is 0.255 e. The number of nitrogens with two attached hydrogens (primary N) is 2. The number of hydrogen-bond donors (Lipinski definition) is 4. The van der Waals surface area contributed by atoms with E-state index in [0.717, 1.165) is 5.39 Å². The minimum Gasteiger partial charge on any atom is -0.494 e. The summed E-state index contributed by atoms with van der Waals surface area (Å²) in [4.78, 5) is 30.7. The van der Waals surface area contributed by atoms with Crippen LogP contribution < -0.4 is 26.8 Å². The van der Waals surface area contributed by atoms with Gasteiger partial charge in [0.2, 0.25) is 0 Å². The van der Waals surface area contributed by atoms with Crippen LogP contribution in [-0.4, -0.2) is 23.4 Å². The van der Waals surface area contributed by atoms with Gasteiger partial charge in [0.05, 0.1) is 23.3 Å². The number of ether oxygens (including phenoxy) is 1. The zero-order valence-electron chi connectivity index (χ0n) is 20.9. The Morgan fingerprint density at radius 2 is 1.38 bits per heavy atom. The van der Waals surface area contributed by atoms with Gasteiger partial charge in [0, 0.05) is 39.0 Å². The number of carbonyl (C=O) groups excluding carboxylic acids is 2. The van der Waals surface area contributed by atoms with E-state index < -0.39 is 0 Å². The van der Waals surface area contributed by atoms with Crippen molar-refractivity contribution >= 4 is 81.2 Å². The van der Waals surface area contributed by atoms with Crippen LogP contribution in [0.3, 0.4) is 0 Å². The minimum atomic E-state index is -0.304. The number of fused-ring (bicyclic) bond motifs is 2. The molecule has 10 heteroatoms. The average molecular weight is 564 g/mol. The van der Waals surface area contributed by atoms with E-state index in [1.54, 1.807) is 60.7 Å². The van der Waals surface area contributed by atoms with Gasteiger partial charge in [-0.25, -0.2) is 4.98 Å². The summed E-state index contributed by atoms with van der Waals surface area (Å²) in [6.45, 7) is 2.42. The molecule has 0 fully saturated rings. The Kier molecular flexibility index (Phi) is 9.19. The number of halogens is 2. The third-order valence-electron chi connectivity index (χ3n) is 5.85. The predicted molar refractivity (Wildman–Crippen MR) is 163 cm³/mol. The molecular weight excluding hydrogens is 537 g/mol. The van der Waals surface area contributed by atoms with Crippen molar-refractivity contribution in [1.29, 1.82) is 0 Å². The van der Waals surface area contributed by atoms with E-state index in [2.05, 4.69) is 10.6 Å². The van der Waals surface area contributed by atoms with Gasteiger partial charge in [-0.05, 0) is 79.7 Å². The number of anilines is 4. The van der Waals surface area contributed by atoms with Crippen LogP contribution in [0.1, 0.15) is 27.6 Å². The quantitative estimate of drug-likeness (QED) is 0.141. The first-order valence-corrected chi connectivity index (χ1v) is 11.8. The molecule has 0 saturated carbocycles. The molecule has 0 unspecified atom stereocenters. The highest BCUT2D eigenvalue weighted by Gasteiger charge is 2.16. The molecule has 0 saturated heterocycles. The van der Waals surface area contributed by atoms with E-state index in [4.69, 9.17) is 21.2 Å². The minimum absolute atomic E-state index is 0. The lowest BCUT2D eigenvalue weighted by Crippen LogP contribution is -2.14. The molecule has 0 aliphatic rings. The number of carbonyl (C=O) groups is 2. The lowest BCUT2D eigenvalue weighted by Gasteiger charge is -2.15. The summed E-state index contributed by atoms with van der Waals surface area (Å²) in [5.41, 5.74) is 16.0. The highest BCUT2D eigenvalue weighted by Crippen LogP contribution is 2.35. The number of nitrogens with zero attached hydrogens (tertiary/aromatic N) is 1. The Bertz CT molecular complexity index is 1680. The van der Waals surface area contributed by atoms with Gasteiger partial charge in [-0.2, -0.15) is 0 Å². The normalized spacial score (nSPS) is 10.3. The second-order valence-corrected chi connectivity index (χ2v) is 8.49. The predicted octanol–water partition coefficient (Wildman–Crippen LogP) is 6.30. The Morgan fingerprint density at radius 3 is 2.00 bits per heavy atom. The fourth-order valence-electron chi connectivity index (χ4n) is 4.14. The highest BCUT2D eigenvalue weighted by molar-refractivity contribution is 6.17. The number of hydrogen-bond acceptors (Lipinski definition) is 6. The Hall–Kier alpha value is -4.53. The number of pyridine rings is 1. The maximum absolute atomic E-state index is 13.2. The second kappa shape index (κ2) is 12.3. The summed E-state index contributed by atoms with van der Waals surface area (Å²) in [7, 11) is 0. The molecular formula is C29H27Cl2N5O3. The molecule has 0 aliphatic carbocycles. The molecule has 1 aromatic heterocycles. The largest absolute Gasteiger partial charge is 0.494 e. The molecule has 1 heterocycles. The first-order valence-electron chi connectivity index (χ1n) is 11.8. The molecule has 0 spiro atoms. The summed E-state index contributed by atoms with van der Waals surface area (Å²) < 4.78 is 5.69. The van der Waals surface area contributed by atoms with E-state index in [1.807, 2.05) is 31.2 Å². The molecule has 39 heavy (non-hydrogen) atoms. The Morgan fingerprint density at radius 1 is 0.744 bits per heavy atom. The highest BCUT2D eigenvalue weighted by atomic mass is 35.5. The summed E-state index contributed by atoms with van der Waals surface area (Å²) in [5, 5.41) is 7.37. The molecule has 2 amide bonds. The third kappa shape index (κ3) is 6.31. The van der Waals surface area contributed by atoms with Crippen LogP contribution in [0, 0.1) is 0 Å². The molecule has 0 atom stereocenters. The summed E-state index contributed by atoms with van der Waals surface area (Å²) >= 11 is 0. The lowest BCUT2D eigenvalue weighted by molar-refractivity contribution is 0.101. The average Bonchev–Trinajstić information content (AvgIpc) is 2.89. The number of nitrogens with one attached hydrogen (secondary N) is 2. The molecule has 4 aromatic carbocycles. The lowest BCUT2D eigenvalue weighted by atomic mass is 10.1. The third-order valence-corrected chi connectivity index (χ3v) is 5.85. The van der Waals surface area contributed by atoms with E-state index in [9.17, 15) is 9.59 Å². The van der Waals surface area contributed by atoms with Gasteiger partial charge in [-0.15, -0.1) is 24.8 Å². The van der Waals surface area contributed by atoms with Crippen molar-refractivity contribution in [3.8, 4) is 5.75 Å². The van der Waals surface area contributed by atoms with Gasteiger partial charge in [-0.1, -0.05) is 12.1 Å². The number of amides is 2. The van der Waals surface area contributed by atoms with Crippen molar-refractivity contribution < 1.29 is 14.3 Å². The van der Waals surface area contributed by atoms with Crippen LogP contribution in [0.15, 0.2) is 84.9 Å².